The average Bonchev–Trinajstić information content (AvgIpc) is 2.42. The van der Waals surface area contributed by atoms with E-state index >= 15 is 0 Å². The molecule has 112 valence electrons. The van der Waals surface area contributed by atoms with Crippen molar-refractivity contribution in [3.63, 3.8) is 0 Å². The molecular weight excluding hydrogens is 314 g/mol. The molecule has 0 saturated heterocycles. The van der Waals surface area contributed by atoms with Crippen LogP contribution in [0.1, 0.15) is 5.56 Å². The predicted molar refractivity (Wildman–Crippen MR) is 82.2 cm³/mol. The van der Waals surface area contributed by atoms with E-state index in [9.17, 15) is 8.42 Å². The van der Waals surface area contributed by atoms with Crippen LogP contribution in [0.3, 0.4) is 0 Å². The van der Waals surface area contributed by atoms with Gasteiger partial charge >= 0.3 is 0 Å². The number of aromatic nitrogens is 1. The zero-order valence-corrected chi connectivity index (χ0v) is 13.0. The first-order chi connectivity index (χ1) is 9.83. The van der Waals surface area contributed by atoms with E-state index in [-0.39, 0.29) is 10.6 Å². The maximum absolute atomic E-state index is 12.3. The molecule has 0 spiro atoms. The third-order valence-electron chi connectivity index (χ3n) is 2.78. The minimum atomic E-state index is -3.76. The number of aryl methyl sites for hydroxylation is 1. The lowest BCUT2D eigenvalue weighted by Gasteiger charge is -2.10. The molecule has 0 aliphatic heterocycles. The smallest absolute Gasteiger partial charge is 0.262 e. The monoisotopic (exact) mass is 327 g/mol. The van der Waals surface area contributed by atoms with Crippen LogP contribution in [0.25, 0.3) is 0 Å². The van der Waals surface area contributed by atoms with Gasteiger partial charge in [0.05, 0.1) is 29.6 Å². The number of nitrogens with two attached hydrogens (primary N) is 1. The zero-order chi connectivity index (χ0) is 15.6. The summed E-state index contributed by atoms with van der Waals surface area (Å²) in [5, 5.41) is 0.326. The standard InChI is InChI=1S/C13H14ClN3O3S/c1-8-5-9(7-16-13(8)14)17-21(18,19)10-3-4-12(20-2)11(15)6-10/h3-7,17H,15H2,1-2H3. The van der Waals surface area contributed by atoms with Crippen LogP contribution >= 0.6 is 11.6 Å². The highest BCUT2D eigenvalue weighted by atomic mass is 35.5. The number of ether oxygens (including phenoxy) is 1. The van der Waals surface area contributed by atoms with Crippen molar-refractivity contribution in [2.24, 2.45) is 0 Å². The largest absolute Gasteiger partial charge is 0.495 e. The number of methoxy groups -OCH3 is 1. The fourth-order valence-electron chi connectivity index (χ4n) is 1.71. The Bertz CT molecular complexity index is 778. The highest BCUT2D eigenvalue weighted by Crippen LogP contribution is 2.26. The lowest BCUT2D eigenvalue weighted by Crippen LogP contribution is -2.13. The molecule has 21 heavy (non-hydrogen) atoms. The highest BCUT2D eigenvalue weighted by molar-refractivity contribution is 7.92. The predicted octanol–water partition coefficient (Wildman–Crippen LogP) is 2.44. The average molecular weight is 328 g/mol. The Morgan fingerprint density at radius 2 is 2.05 bits per heavy atom. The fourth-order valence-corrected chi connectivity index (χ4v) is 2.88. The first-order valence-electron chi connectivity index (χ1n) is 5.92. The minimum Gasteiger partial charge on any atom is -0.495 e. The lowest BCUT2D eigenvalue weighted by atomic mass is 10.3. The molecule has 6 nitrogen and oxygen atoms in total. The number of nitrogens with zero attached hydrogens (tertiary/aromatic N) is 1. The molecule has 3 N–H and O–H groups in total. The molecule has 0 radical (unpaired) electrons. The van der Waals surface area contributed by atoms with Gasteiger partial charge in [0.1, 0.15) is 10.9 Å². The number of hydrogen-bond acceptors (Lipinski definition) is 5. The molecule has 8 heteroatoms. The van der Waals surface area contributed by atoms with Gasteiger partial charge < -0.3 is 10.5 Å². The number of halogens is 1. The van der Waals surface area contributed by atoms with Crippen LogP contribution in [0.15, 0.2) is 35.4 Å². The van der Waals surface area contributed by atoms with E-state index in [1.807, 2.05) is 0 Å². The van der Waals surface area contributed by atoms with E-state index in [1.54, 1.807) is 13.0 Å². The van der Waals surface area contributed by atoms with Gasteiger partial charge in [-0.3, -0.25) is 4.72 Å². The summed E-state index contributed by atoms with van der Waals surface area (Å²) in [4.78, 5) is 3.93. The van der Waals surface area contributed by atoms with Crippen LogP contribution in [0.5, 0.6) is 5.75 Å². The summed E-state index contributed by atoms with van der Waals surface area (Å²) in [6.07, 6.45) is 1.35. The van der Waals surface area contributed by atoms with E-state index in [0.717, 1.165) is 0 Å². The first kappa shape index (κ1) is 15.4. The zero-order valence-electron chi connectivity index (χ0n) is 11.4. The Hall–Kier alpha value is -1.99. The molecule has 0 aliphatic rings. The molecule has 0 unspecified atom stereocenters. The van der Waals surface area contributed by atoms with Crippen LogP contribution in [0.4, 0.5) is 11.4 Å². The Morgan fingerprint density at radius 3 is 2.62 bits per heavy atom. The van der Waals surface area contributed by atoms with Gasteiger partial charge in [-0.15, -0.1) is 0 Å². The van der Waals surface area contributed by atoms with Crippen molar-refractivity contribution in [2.45, 2.75) is 11.8 Å². The van der Waals surface area contributed by atoms with Gasteiger partial charge in [0.2, 0.25) is 0 Å². The number of anilines is 2. The van der Waals surface area contributed by atoms with Crippen LogP contribution in [0.2, 0.25) is 5.15 Å². The molecule has 0 bridgehead atoms. The summed E-state index contributed by atoms with van der Waals surface area (Å²) >= 11 is 5.80. The molecule has 1 aromatic heterocycles. The van der Waals surface area contributed by atoms with Crippen molar-refractivity contribution in [1.82, 2.24) is 4.98 Å². The Morgan fingerprint density at radius 1 is 1.33 bits per heavy atom. The summed E-state index contributed by atoms with van der Waals surface area (Å²) in [5.41, 5.74) is 6.96. The number of rotatable bonds is 4. The maximum Gasteiger partial charge on any atom is 0.262 e. The summed E-state index contributed by atoms with van der Waals surface area (Å²) < 4.78 is 32.0. The van der Waals surface area contributed by atoms with Crippen molar-refractivity contribution in [3.8, 4) is 5.75 Å². The fraction of sp³-hybridized carbons (Fsp3) is 0.154. The van der Waals surface area contributed by atoms with Crippen LogP contribution in [-0.4, -0.2) is 20.5 Å². The summed E-state index contributed by atoms with van der Waals surface area (Å²) in [5.74, 6) is 0.415. The van der Waals surface area contributed by atoms with Gasteiger partial charge in [-0.2, -0.15) is 0 Å². The van der Waals surface area contributed by atoms with E-state index in [1.165, 1.54) is 31.5 Å². The number of sulfonamides is 1. The normalized spacial score (nSPS) is 11.2. The van der Waals surface area contributed by atoms with Crippen molar-refractivity contribution in [2.75, 3.05) is 17.6 Å². The molecule has 0 fully saturated rings. The Balaban J connectivity index is 2.33. The van der Waals surface area contributed by atoms with Crippen molar-refractivity contribution >= 4 is 33.0 Å². The van der Waals surface area contributed by atoms with Gasteiger partial charge in [-0.05, 0) is 36.8 Å². The number of pyridine rings is 1. The summed E-state index contributed by atoms with van der Waals surface area (Å²) in [6, 6.07) is 5.83. The molecular formula is C13H14ClN3O3S. The van der Waals surface area contributed by atoms with Crippen molar-refractivity contribution < 1.29 is 13.2 Å². The Kier molecular flexibility index (Phi) is 4.24. The second-order valence-corrected chi connectivity index (χ2v) is 6.38. The number of nitrogens with one attached hydrogen (secondary N) is 1. The number of benzene rings is 1. The quantitative estimate of drug-likeness (QED) is 0.664. The molecule has 0 saturated carbocycles. The lowest BCUT2D eigenvalue weighted by molar-refractivity contribution is 0.416. The number of hydrogen-bond donors (Lipinski definition) is 2. The Labute approximate surface area is 128 Å². The van der Waals surface area contributed by atoms with Gasteiger partial charge in [-0.1, -0.05) is 11.6 Å². The van der Waals surface area contributed by atoms with E-state index in [2.05, 4.69) is 9.71 Å². The minimum absolute atomic E-state index is 0.0356. The van der Waals surface area contributed by atoms with E-state index in [4.69, 9.17) is 22.1 Å². The van der Waals surface area contributed by atoms with Crippen LogP contribution in [-0.2, 0) is 10.0 Å². The van der Waals surface area contributed by atoms with E-state index in [0.29, 0.717) is 22.2 Å². The topological polar surface area (TPSA) is 94.3 Å². The summed E-state index contributed by atoms with van der Waals surface area (Å²) in [7, 11) is -2.30. The molecule has 0 amide bonds. The SMILES string of the molecule is COc1ccc(S(=O)(=O)Nc2cnc(Cl)c(C)c2)cc1N. The third-order valence-corrected chi connectivity index (χ3v) is 4.55. The van der Waals surface area contributed by atoms with Crippen LogP contribution in [0, 0.1) is 6.92 Å². The van der Waals surface area contributed by atoms with Crippen LogP contribution < -0.4 is 15.2 Å². The van der Waals surface area contributed by atoms with E-state index < -0.39 is 10.0 Å². The van der Waals surface area contributed by atoms with Gasteiger partial charge in [-0.25, -0.2) is 13.4 Å². The van der Waals surface area contributed by atoms with Gasteiger partial charge in [0.15, 0.2) is 0 Å². The highest BCUT2D eigenvalue weighted by Gasteiger charge is 2.16. The van der Waals surface area contributed by atoms with Gasteiger partial charge in [0, 0.05) is 0 Å². The molecule has 0 aliphatic carbocycles. The second-order valence-electron chi connectivity index (χ2n) is 4.34. The second kappa shape index (κ2) is 5.79. The first-order valence-corrected chi connectivity index (χ1v) is 7.78. The van der Waals surface area contributed by atoms with Crippen molar-refractivity contribution in [1.29, 1.82) is 0 Å². The van der Waals surface area contributed by atoms with Gasteiger partial charge in [0.25, 0.3) is 10.0 Å². The molecule has 1 aromatic carbocycles. The van der Waals surface area contributed by atoms with Crippen molar-refractivity contribution in [3.05, 3.63) is 41.2 Å². The molecule has 1 heterocycles. The summed E-state index contributed by atoms with van der Waals surface area (Å²) in [6.45, 7) is 1.73. The maximum atomic E-state index is 12.3. The molecule has 0 atom stereocenters. The number of nitrogen functional groups attached to an aromatic ring is 1. The molecule has 2 aromatic rings. The molecule has 2 rings (SSSR count). The third kappa shape index (κ3) is 3.37.